The number of carbonyl (C=O) groups excluding carboxylic acids is 1. The minimum absolute atomic E-state index is 0.0342. The van der Waals surface area contributed by atoms with E-state index in [0.29, 0.717) is 23.3 Å². The predicted molar refractivity (Wildman–Crippen MR) is 142 cm³/mol. The molecule has 3 aromatic carbocycles. The van der Waals surface area contributed by atoms with Crippen LogP contribution in [0.1, 0.15) is 65.8 Å². The number of aromatic carboxylic acids is 2. The zero-order valence-corrected chi connectivity index (χ0v) is 21.4. The zero-order valence-electron chi connectivity index (χ0n) is 21.4. The molecule has 2 N–H and O–H groups in total. The average molecular weight is 502 g/mol. The van der Waals surface area contributed by atoms with Crippen molar-refractivity contribution >= 4 is 17.7 Å². The van der Waals surface area contributed by atoms with E-state index >= 15 is 0 Å². The van der Waals surface area contributed by atoms with Gasteiger partial charge in [-0.25, -0.2) is 9.59 Å². The number of benzene rings is 3. The van der Waals surface area contributed by atoms with Crippen molar-refractivity contribution < 1.29 is 29.3 Å². The van der Waals surface area contributed by atoms with Crippen molar-refractivity contribution in [2.45, 2.75) is 33.3 Å². The first-order chi connectivity index (χ1) is 17.6. The van der Waals surface area contributed by atoms with Gasteiger partial charge in [0.15, 0.2) is 5.78 Å². The first-order valence-electron chi connectivity index (χ1n) is 11.9. The second-order valence-corrected chi connectivity index (χ2v) is 8.98. The van der Waals surface area contributed by atoms with Gasteiger partial charge in [-0.1, -0.05) is 31.2 Å². The second kappa shape index (κ2) is 12.0. The van der Waals surface area contributed by atoms with Crippen molar-refractivity contribution in [2.24, 2.45) is 0 Å². The maximum Gasteiger partial charge on any atom is 0.336 e. The molecule has 7 nitrogen and oxygen atoms in total. The van der Waals surface area contributed by atoms with Crippen LogP contribution in [0, 0.1) is 6.92 Å². The summed E-state index contributed by atoms with van der Waals surface area (Å²) in [5.74, 6) is -1.78. The van der Waals surface area contributed by atoms with Gasteiger partial charge in [-0.2, -0.15) is 0 Å². The van der Waals surface area contributed by atoms with Gasteiger partial charge < -0.3 is 19.8 Å². The molecule has 0 spiro atoms. The van der Waals surface area contributed by atoms with Gasteiger partial charge in [0.25, 0.3) is 0 Å². The molecule has 192 valence electrons. The summed E-state index contributed by atoms with van der Waals surface area (Å²) in [6.07, 6.45) is 4.31. The highest BCUT2D eigenvalue weighted by Gasteiger charge is 2.17. The van der Waals surface area contributed by atoms with Crippen LogP contribution in [0.3, 0.4) is 0 Å². The van der Waals surface area contributed by atoms with E-state index in [0.717, 1.165) is 28.7 Å². The summed E-state index contributed by atoms with van der Waals surface area (Å²) >= 11 is 0. The van der Waals surface area contributed by atoms with E-state index in [1.165, 1.54) is 18.2 Å². The van der Waals surface area contributed by atoms with Crippen LogP contribution in [0.4, 0.5) is 0 Å². The Kier molecular flexibility index (Phi) is 8.85. The Labute approximate surface area is 216 Å². The molecule has 37 heavy (non-hydrogen) atoms. The van der Waals surface area contributed by atoms with Crippen molar-refractivity contribution in [3.05, 3.63) is 111 Å². The van der Waals surface area contributed by atoms with E-state index in [9.17, 15) is 24.6 Å². The molecule has 0 aliphatic rings. The molecule has 0 fully saturated rings. The van der Waals surface area contributed by atoms with Crippen molar-refractivity contribution in [2.75, 3.05) is 14.1 Å². The lowest BCUT2D eigenvalue weighted by Crippen LogP contribution is -2.10. The van der Waals surface area contributed by atoms with E-state index in [1.807, 2.05) is 46.1 Å². The first kappa shape index (κ1) is 27.2. The minimum atomic E-state index is -1.17. The number of hydrogen-bond donors (Lipinski definition) is 2. The smallest absolute Gasteiger partial charge is 0.336 e. The Bertz CT molecular complexity index is 1360. The minimum Gasteiger partial charge on any atom is -0.489 e. The van der Waals surface area contributed by atoms with E-state index in [1.54, 1.807) is 35.4 Å². The van der Waals surface area contributed by atoms with Gasteiger partial charge >= 0.3 is 11.9 Å². The number of hydrogen-bond acceptors (Lipinski definition) is 5. The molecule has 0 amide bonds. The molecule has 3 rings (SSSR count). The fourth-order valence-electron chi connectivity index (χ4n) is 4.07. The molecular weight excluding hydrogens is 470 g/mol. The quantitative estimate of drug-likeness (QED) is 0.268. The lowest BCUT2D eigenvalue weighted by atomic mass is 9.92. The monoisotopic (exact) mass is 501 g/mol. The van der Waals surface area contributed by atoms with Gasteiger partial charge in [0.05, 0.1) is 11.1 Å². The molecule has 0 bridgehead atoms. The van der Waals surface area contributed by atoms with Crippen LogP contribution in [0.25, 0.3) is 0 Å². The molecule has 0 atom stereocenters. The summed E-state index contributed by atoms with van der Waals surface area (Å²) in [5, 5.41) is 18.9. The lowest BCUT2D eigenvalue weighted by Gasteiger charge is -2.17. The molecule has 0 aromatic heterocycles. The zero-order chi connectivity index (χ0) is 27.1. The molecule has 3 aromatic rings. The fraction of sp³-hybridized carbons (Fsp3) is 0.233. The number of carboxylic acids is 2. The topological polar surface area (TPSA) is 104 Å². The van der Waals surface area contributed by atoms with E-state index in [2.05, 4.69) is 0 Å². The van der Waals surface area contributed by atoms with E-state index in [-0.39, 0.29) is 23.5 Å². The Morgan fingerprint density at radius 1 is 0.892 bits per heavy atom. The van der Waals surface area contributed by atoms with Crippen molar-refractivity contribution in [3.8, 4) is 5.75 Å². The normalized spacial score (nSPS) is 10.9. The summed E-state index contributed by atoms with van der Waals surface area (Å²) < 4.78 is 6.17. The molecule has 0 heterocycles. The highest BCUT2D eigenvalue weighted by Crippen LogP contribution is 2.26. The van der Waals surface area contributed by atoms with E-state index in [4.69, 9.17) is 4.74 Å². The standard InChI is InChI=1S/C30H31NO6/c1-5-20-7-6-8-21(16-22-9-10-24(29(33)34)17-25(22)30(35)36)26(20)18-37-28-12-11-23(15-19(28)2)27(32)13-14-31(3)4/h6-15,17H,5,16,18H2,1-4H3,(H,33,34)(H,35,36). The molecular formula is C30H31NO6. The van der Waals surface area contributed by atoms with Gasteiger partial charge in [0.1, 0.15) is 12.4 Å². The summed E-state index contributed by atoms with van der Waals surface area (Å²) in [5.41, 5.74) is 4.77. The van der Waals surface area contributed by atoms with E-state index < -0.39 is 11.9 Å². The summed E-state index contributed by atoms with van der Waals surface area (Å²) in [6, 6.07) is 15.4. The molecule has 0 saturated heterocycles. The number of ketones is 1. The summed E-state index contributed by atoms with van der Waals surface area (Å²) in [4.78, 5) is 37.4. The van der Waals surface area contributed by atoms with Gasteiger partial charge in [-0.05, 0) is 77.9 Å². The Morgan fingerprint density at radius 3 is 2.22 bits per heavy atom. The number of carbonyl (C=O) groups is 3. The van der Waals surface area contributed by atoms with Crippen LogP contribution in [0.2, 0.25) is 0 Å². The lowest BCUT2D eigenvalue weighted by molar-refractivity contribution is 0.0695. The van der Waals surface area contributed by atoms with Crippen LogP contribution >= 0.6 is 0 Å². The third kappa shape index (κ3) is 6.85. The van der Waals surface area contributed by atoms with Crippen molar-refractivity contribution in [1.82, 2.24) is 4.90 Å². The predicted octanol–water partition coefficient (Wildman–Crippen LogP) is 5.38. The summed E-state index contributed by atoms with van der Waals surface area (Å²) in [6.45, 7) is 4.20. The molecule has 0 unspecified atom stereocenters. The third-order valence-corrected chi connectivity index (χ3v) is 6.07. The number of ether oxygens (including phenoxy) is 1. The summed E-state index contributed by atoms with van der Waals surface area (Å²) in [7, 11) is 3.70. The van der Waals surface area contributed by atoms with Crippen LogP contribution < -0.4 is 4.74 Å². The largest absolute Gasteiger partial charge is 0.489 e. The SMILES string of the molecule is CCc1cccc(Cc2ccc(C(=O)O)cc2C(=O)O)c1COc1ccc(C(=O)C=CN(C)C)cc1C. The maximum absolute atomic E-state index is 12.4. The number of aryl methyl sites for hydroxylation is 2. The molecule has 7 heteroatoms. The molecule has 0 aliphatic carbocycles. The Balaban J connectivity index is 1.88. The number of nitrogens with zero attached hydrogens (tertiary/aromatic N) is 1. The Morgan fingerprint density at radius 2 is 1.59 bits per heavy atom. The third-order valence-electron chi connectivity index (χ3n) is 6.07. The Hall–Kier alpha value is -4.39. The number of allylic oxidation sites excluding steroid dienone is 1. The maximum atomic E-state index is 12.4. The molecule has 0 radical (unpaired) electrons. The van der Waals surface area contributed by atoms with Crippen LogP contribution in [-0.2, 0) is 19.4 Å². The van der Waals surface area contributed by atoms with Gasteiger partial charge in [-0.15, -0.1) is 0 Å². The van der Waals surface area contributed by atoms with Gasteiger partial charge in [-0.3, -0.25) is 4.79 Å². The van der Waals surface area contributed by atoms with Crippen LogP contribution in [0.5, 0.6) is 5.75 Å². The highest BCUT2D eigenvalue weighted by molar-refractivity contribution is 6.04. The highest BCUT2D eigenvalue weighted by atomic mass is 16.5. The van der Waals surface area contributed by atoms with Crippen molar-refractivity contribution in [3.63, 3.8) is 0 Å². The fourth-order valence-corrected chi connectivity index (χ4v) is 4.07. The average Bonchev–Trinajstić information content (AvgIpc) is 2.86. The molecule has 0 saturated carbocycles. The first-order valence-corrected chi connectivity index (χ1v) is 11.9. The number of rotatable bonds is 11. The van der Waals surface area contributed by atoms with Gasteiger partial charge in [0.2, 0.25) is 0 Å². The second-order valence-electron chi connectivity index (χ2n) is 8.98. The van der Waals surface area contributed by atoms with Crippen LogP contribution in [-0.4, -0.2) is 46.9 Å². The van der Waals surface area contributed by atoms with Crippen molar-refractivity contribution in [1.29, 1.82) is 0 Å². The molecule has 0 aliphatic heterocycles. The van der Waals surface area contributed by atoms with Gasteiger partial charge in [0, 0.05) is 31.9 Å². The number of carboxylic acid groups (broad SMARTS) is 2. The van der Waals surface area contributed by atoms with Crippen LogP contribution in [0.15, 0.2) is 66.9 Å².